The molecule has 9 nitrogen and oxygen atoms in total. The van der Waals surface area contributed by atoms with Gasteiger partial charge in [0.05, 0.1) is 6.54 Å². The Morgan fingerprint density at radius 3 is 3.07 bits per heavy atom. The summed E-state index contributed by atoms with van der Waals surface area (Å²) < 4.78 is 16.4. The predicted octanol–water partition coefficient (Wildman–Crippen LogP) is 1.44. The standard InChI is InChI=1S/C18H17N5O4/c19-8-14-17(21-5-4-20-14)27-13-3-6-23(10-13)18(24)22-9-12-1-2-15-16(7-12)26-11-25-15/h1-2,4-5,7,13H,3,6,9-11H2,(H,22,24)/t13-/m0/s1. The highest BCUT2D eigenvalue weighted by molar-refractivity contribution is 5.74. The molecule has 0 bridgehead atoms. The van der Waals surface area contributed by atoms with Crippen molar-refractivity contribution in [2.75, 3.05) is 19.9 Å². The van der Waals surface area contributed by atoms with Gasteiger partial charge in [-0.25, -0.2) is 14.8 Å². The fourth-order valence-corrected chi connectivity index (χ4v) is 3.00. The molecule has 0 unspecified atom stereocenters. The second-order valence-electron chi connectivity index (χ2n) is 6.14. The second kappa shape index (κ2) is 7.37. The number of carbonyl (C=O) groups is 1. The highest BCUT2D eigenvalue weighted by Crippen LogP contribution is 2.32. The zero-order valence-electron chi connectivity index (χ0n) is 14.4. The van der Waals surface area contributed by atoms with Crippen LogP contribution in [-0.2, 0) is 6.54 Å². The van der Waals surface area contributed by atoms with Gasteiger partial charge < -0.3 is 24.4 Å². The van der Waals surface area contributed by atoms with Crippen molar-refractivity contribution in [3.8, 4) is 23.4 Å². The van der Waals surface area contributed by atoms with Crippen LogP contribution < -0.4 is 19.5 Å². The molecule has 9 heteroatoms. The fraction of sp³-hybridized carbons (Fsp3) is 0.333. The van der Waals surface area contributed by atoms with E-state index in [4.69, 9.17) is 19.5 Å². The molecule has 1 fully saturated rings. The van der Waals surface area contributed by atoms with Gasteiger partial charge in [0.2, 0.25) is 12.5 Å². The molecule has 1 aromatic heterocycles. The zero-order valence-corrected chi connectivity index (χ0v) is 14.4. The molecule has 1 saturated heterocycles. The summed E-state index contributed by atoms with van der Waals surface area (Å²) in [5.41, 5.74) is 1.07. The number of likely N-dealkylation sites (tertiary alicyclic amines) is 1. The van der Waals surface area contributed by atoms with Gasteiger partial charge in [0.1, 0.15) is 12.2 Å². The first kappa shape index (κ1) is 16.9. The average molecular weight is 367 g/mol. The fourth-order valence-electron chi connectivity index (χ4n) is 3.00. The van der Waals surface area contributed by atoms with E-state index >= 15 is 0 Å². The maximum Gasteiger partial charge on any atom is 0.317 e. The normalized spacial score (nSPS) is 17.4. The number of nitriles is 1. The highest BCUT2D eigenvalue weighted by Gasteiger charge is 2.28. The Labute approximate surface area is 155 Å². The summed E-state index contributed by atoms with van der Waals surface area (Å²) in [6, 6.07) is 7.36. The molecule has 1 atom stereocenters. The minimum atomic E-state index is -0.218. The van der Waals surface area contributed by atoms with Gasteiger partial charge in [-0.05, 0) is 17.7 Å². The predicted molar refractivity (Wildman–Crippen MR) is 92.2 cm³/mol. The van der Waals surface area contributed by atoms with Crippen LogP contribution >= 0.6 is 0 Å². The molecule has 2 aliphatic heterocycles. The monoisotopic (exact) mass is 367 g/mol. The Morgan fingerprint density at radius 1 is 1.33 bits per heavy atom. The Bertz CT molecular complexity index is 898. The lowest BCUT2D eigenvalue weighted by Crippen LogP contribution is -2.39. The quantitative estimate of drug-likeness (QED) is 0.871. The average Bonchev–Trinajstić information content (AvgIpc) is 3.35. The molecular formula is C18H17N5O4. The van der Waals surface area contributed by atoms with Crippen molar-refractivity contribution in [1.29, 1.82) is 5.26 Å². The molecule has 2 aromatic rings. The Balaban J connectivity index is 1.30. The van der Waals surface area contributed by atoms with Crippen molar-refractivity contribution in [3.63, 3.8) is 0 Å². The first-order chi connectivity index (χ1) is 13.2. The number of hydrogen-bond donors (Lipinski definition) is 1. The third kappa shape index (κ3) is 3.69. The van der Waals surface area contributed by atoms with Crippen LogP contribution in [0.3, 0.4) is 0 Å². The maximum atomic E-state index is 12.4. The number of rotatable bonds is 4. The van der Waals surface area contributed by atoms with Gasteiger partial charge in [-0.15, -0.1) is 0 Å². The van der Waals surface area contributed by atoms with Gasteiger partial charge >= 0.3 is 6.03 Å². The Kier molecular flexibility index (Phi) is 4.61. The molecule has 0 radical (unpaired) electrons. The van der Waals surface area contributed by atoms with E-state index in [1.54, 1.807) is 4.90 Å². The van der Waals surface area contributed by atoms with Crippen LogP contribution in [0.2, 0.25) is 0 Å². The number of carbonyl (C=O) groups excluding carboxylic acids is 1. The summed E-state index contributed by atoms with van der Waals surface area (Å²) in [5, 5.41) is 11.9. The van der Waals surface area contributed by atoms with E-state index in [-0.39, 0.29) is 30.5 Å². The van der Waals surface area contributed by atoms with Crippen LogP contribution in [0.1, 0.15) is 17.7 Å². The summed E-state index contributed by atoms with van der Waals surface area (Å²) in [4.78, 5) is 22.0. The van der Waals surface area contributed by atoms with Gasteiger partial charge in [0.15, 0.2) is 11.5 Å². The third-order valence-electron chi connectivity index (χ3n) is 4.36. The molecule has 2 amide bonds. The topological polar surface area (TPSA) is 110 Å². The molecule has 4 rings (SSSR count). The number of fused-ring (bicyclic) bond motifs is 1. The van der Waals surface area contributed by atoms with Crippen LogP contribution in [0.15, 0.2) is 30.6 Å². The first-order valence-electron chi connectivity index (χ1n) is 8.52. The van der Waals surface area contributed by atoms with Crippen molar-refractivity contribution in [2.24, 2.45) is 0 Å². The summed E-state index contributed by atoms with van der Waals surface area (Å²) in [5.74, 6) is 1.60. The molecule has 0 aliphatic carbocycles. The summed E-state index contributed by atoms with van der Waals surface area (Å²) in [6.45, 7) is 1.61. The van der Waals surface area contributed by atoms with E-state index in [1.165, 1.54) is 12.4 Å². The number of urea groups is 1. The van der Waals surface area contributed by atoms with Crippen LogP contribution in [-0.4, -0.2) is 46.9 Å². The minimum absolute atomic E-state index is 0.142. The third-order valence-corrected chi connectivity index (χ3v) is 4.36. The lowest BCUT2D eigenvalue weighted by molar-refractivity contribution is 0.174. The number of nitrogens with one attached hydrogen (secondary N) is 1. The van der Waals surface area contributed by atoms with Gasteiger partial charge in [-0.1, -0.05) is 6.07 Å². The Morgan fingerprint density at radius 2 is 2.19 bits per heavy atom. The van der Waals surface area contributed by atoms with Crippen molar-refractivity contribution in [2.45, 2.75) is 19.1 Å². The molecule has 1 N–H and O–H groups in total. The number of nitrogens with zero attached hydrogens (tertiary/aromatic N) is 4. The van der Waals surface area contributed by atoms with E-state index in [9.17, 15) is 4.79 Å². The van der Waals surface area contributed by atoms with Gasteiger partial charge in [-0.3, -0.25) is 0 Å². The molecule has 138 valence electrons. The second-order valence-corrected chi connectivity index (χ2v) is 6.14. The zero-order chi connectivity index (χ0) is 18.6. The molecule has 0 saturated carbocycles. The van der Waals surface area contributed by atoms with Crippen molar-refractivity contribution < 1.29 is 19.0 Å². The highest BCUT2D eigenvalue weighted by atomic mass is 16.7. The van der Waals surface area contributed by atoms with Crippen LogP contribution in [0.25, 0.3) is 0 Å². The van der Waals surface area contributed by atoms with E-state index in [0.29, 0.717) is 37.6 Å². The van der Waals surface area contributed by atoms with Crippen molar-refractivity contribution >= 4 is 6.03 Å². The van der Waals surface area contributed by atoms with Crippen LogP contribution in [0.4, 0.5) is 4.79 Å². The van der Waals surface area contributed by atoms with Crippen molar-refractivity contribution in [1.82, 2.24) is 20.2 Å². The van der Waals surface area contributed by atoms with Crippen LogP contribution in [0.5, 0.6) is 17.4 Å². The first-order valence-corrected chi connectivity index (χ1v) is 8.52. The largest absolute Gasteiger partial charge is 0.470 e. The smallest absolute Gasteiger partial charge is 0.317 e. The number of benzene rings is 1. The Hall–Kier alpha value is -3.54. The van der Waals surface area contributed by atoms with E-state index < -0.39 is 0 Å². The maximum absolute atomic E-state index is 12.4. The number of amides is 2. The summed E-state index contributed by atoms with van der Waals surface area (Å²) >= 11 is 0. The SMILES string of the molecule is N#Cc1nccnc1O[C@H]1CCN(C(=O)NCc2ccc3c(c2)OCO3)C1. The lowest BCUT2D eigenvalue weighted by atomic mass is 10.2. The molecule has 1 aromatic carbocycles. The molecule has 27 heavy (non-hydrogen) atoms. The minimum Gasteiger partial charge on any atom is -0.470 e. The summed E-state index contributed by atoms with van der Waals surface area (Å²) in [7, 11) is 0. The van der Waals surface area contributed by atoms with Gasteiger partial charge in [0, 0.05) is 31.9 Å². The number of aromatic nitrogens is 2. The molecule has 0 spiro atoms. The number of ether oxygens (including phenoxy) is 3. The van der Waals surface area contributed by atoms with E-state index in [2.05, 4.69) is 15.3 Å². The summed E-state index contributed by atoms with van der Waals surface area (Å²) in [6.07, 6.45) is 3.36. The molecule has 2 aliphatic rings. The molecule has 3 heterocycles. The van der Waals surface area contributed by atoms with Crippen molar-refractivity contribution in [3.05, 3.63) is 41.9 Å². The number of hydrogen-bond acceptors (Lipinski definition) is 7. The molecular weight excluding hydrogens is 350 g/mol. The van der Waals surface area contributed by atoms with E-state index in [1.807, 2.05) is 24.3 Å². The van der Waals surface area contributed by atoms with Gasteiger partial charge in [0.25, 0.3) is 5.88 Å². The van der Waals surface area contributed by atoms with E-state index in [0.717, 1.165) is 5.56 Å². The van der Waals surface area contributed by atoms with Crippen LogP contribution in [0, 0.1) is 11.3 Å². The van der Waals surface area contributed by atoms with Gasteiger partial charge in [-0.2, -0.15) is 5.26 Å². The lowest BCUT2D eigenvalue weighted by Gasteiger charge is -2.18.